The van der Waals surface area contributed by atoms with E-state index in [-0.39, 0.29) is 11.3 Å². The molecule has 1 aromatic heterocycles. The average Bonchev–Trinajstić information content (AvgIpc) is 2.60. The van der Waals surface area contributed by atoms with Crippen LogP contribution in [0.4, 0.5) is 0 Å². The summed E-state index contributed by atoms with van der Waals surface area (Å²) in [4.78, 5) is 18.1. The van der Waals surface area contributed by atoms with Crippen molar-refractivity contribution in [3.8, 4) is 0 Å². The SMILES string of the molecule is CC(C)(C)C1CC(=O)N(Cc2cncc(Br)c2)C1. The lowest BCUT2D eigenvalue weighted by atomic mass is 9.80. The number of carbonyl (C=O) groups is 1. The second kappa shape index (κ2) is 5.00. The smallest absolute Gasteiger partial charge is 0.223 e. The largest absolute Gasteiger partial charge is 0.338 e. The van der Waals surface area contributed by atoms with Crippen LogP contribution in [0.5, 0.6) is 0 Å². The second-order valence-electron chi connectivity index (χ2n) is 6.05. The molecule has 1 unspecified atom stereocenters. The van der Waals surface area contributed by atoms with Gasteiger partial charge in [-0.15, -0.1) is 0 Å². The maximum Gasteiger partial charge on any atom is 0.223 e. The minimum Gasteiger partial charge on any atom is -0.338 e. The molecule has 2 heterocycles. The van der Waals surface area contributed by atoms with Crippen molar-refractivity contribution in [1.29, 1.82) is 0 Å². The molecule has 0 N–H and O–H groups in total. The van der Waals surface area contributed by atoms with E-state index in [0.29, 0.717) is 18.9 Å². The Morgan fingerprint density at radius 1 is 1.44 bits per heavy atom. The molecule has 1 fully saturated rings. The van der Waals surface area contributed by atoms with E-state index in [1.165, 1.54) is 0 Å². The number of amides is 1. The summed E-state index contributed by atoms with van der Waals surface area (Å²) in [5.41, 5.74) is 1.27. The van der Waals surface area contributed by atoms with Crippen molar-refractivity contribution in [1.82, 2.24) is 9.88 Å². The first-order valence-corrected chi connectivity index (χ1v) is 7.03. The lowest BCUT2D eigenvalue weighted by molar-refractivity contribution is -0.128. The molecule has 0 aliphatic carbocycles. The van der Waals surface area contributed by atoms with Crippen molar-refractivity contribution in [3.05, 3.63) is 28.5 Å². The molecule has 1 aromatic rings. The fourth-order valence-corrected chi connectivity index (χ4v) is 2.68. The third-order valence-corrected chi connectivity index (χ3v) is 4.01. The maximum absolute atomic E-state index is 12.0. The highest BCUT2D eigenvalue weighted by Gasteiger charge is 2.36. The second-order valence-corrected chi connectivity index (χ2v) is 6.97. The normalized spacial score (nSPS) is 20.6. The number of aromatic nitrogens is 1. The Bertz CT molecular complexity index is 453. The number of rotatable bonds is 2. The monoisotopic (exact) mass is 310 g/mol. The van der Waals surface area contributed by atoms with Gasteiger partial charge in [-0.05, 0) is 38.9 Å². The maximum atomic E-state index is 12.0. The lowest BCUT2D eigenvalue weighted by Crippen LogP contribution is -2.27. The van der Waals surface area contributed by atoms with Crippen LogP contribution in [0.2, 0.25) is 0 Å². The predicted molar refractivity (Wildman–Crippen MR) is 74.9 cm³/mol. The molecule has 1 atom stereocenters. The van der Waals surface area contributed by atoms with Gasteiger partial charge in [0.2, 0.25) is 5.91 Å². The summed E-state index contributed by atoms with van der Waals surface area (Å²) in [6, 6.07) is 2.02. The molecule has 1 aliphatic rings. The Morgan fingerprint density at radius 2 is 2.17 bits per heavy atom. The van der Waals surface area contributed by atoms with Gasteiger partial charge in [-0.3, -0.25) is 9.78 Å². The molecule has 18 heavy (non-hydrogen) atoms. The molecule has 4 heteroatoms. The Morgan fingerprint density at radius 3 is 2.72 bits per heavy atom. The third kappa shape index (κ3) is 3.10. The van der Waals surface area contributed by atoms with E-state index in [4.69, 9.17) is 0 Å². The fraction of sp³-hybridized carbons (Fsp3) is 0.571. The van der Waals surface area contributed by atoms with Crippen LogP contribution in [-0.2, 0) is 11.3 Å². The summed E-state index contributed by atoms with van der Waals surface area (Å²) in [5, 5.41) is 0. The summed E-state index contributed by atoms with van der Waals surface area (Å²) in [6.07, 6.45) is 4.25. The average molecular weight is 311 g/mol. The molecule has 0 bridgehead atoms. The van der Waals surface area contributed by atoms with E-state index in [9.17, 15) is 4.79 Å². The molecule has 0 radical (unpaired) electrons. The van der Waals surface area contributed by atoms with Crippen LogP contribution in [-0.4, -0.2) is 22.3 Å². The van der Waals surface area contributed by atoms with E-state index in [1.807, 2.05) is 17.2 Å². The number of halogens is 1. The summed E-state index contributed by atoms with van der Waals surface area (Å²) in [7, 11) is 0. The van der Waals surface area contributed by atoms with Crippen molar-refractivity contribution in [2.75, 3.05) is 6.54 Å². The van der Waals surface area contributed by atoms with Crippen molar-refractivity contribution in [3.63, 3.8) is 0 Å². The highest BCUT2D eigenvalue weighted by Crippen LogP contribution is 2.34. The van der Waals surface area contributed by atoms with Crippen molar-refractivity contribution in [2.24, 2.45) is 11.3 Å². The fourth-order valence-electron chi connectivity index (χ4n) is 2.27. The van der Waals surface area contributed by atoms with Gasteiger partial charge in [0, 0.05) is 36.4 Å². The van der Waals surface area contributed by atoms with Gasteiger partial charge in [-0.1, -0.05) is 20.8 Å². The van der Waals surface area contributed by atoms with Gasteiger partial charge in [0.05, 0.1) is 0 Å². The zero-order valence-electron chi connectivity index (χ0n) is 11.1. The third-order valence-electron chi connectivity index (χ3n) is 3.57. The molecule has 0 saturated carbocycles. The Balaban J connectivity index is 2.05. The van der Waals surface area contributed by atoms with Gasteiger partial charge in [-0.2, -0.15) is 0 Å². The molecule has 3 nitrogen and oxygen atoms in total. The van der Waals surface area contributed by atoms with Gasteiger partial charge in [0.15, 0.2) is 0 Å². The van der Waals surface area contributed by atoms with Crippen LogP contribution < -0.4 is 0 Å². The lowest BCUT2D eigenvalue weighted by Gasteiger charge is -2.26. The van der Waals surface area contributed by atoms with Crippen molar-refractivity contribution >= 4 is 21.8 Å². The first-order valence-electron chi connectivity index (χ1n) is 6.23. The van der Waals surface area contributed by atoms with E-state index in [0.717, 1.165) is 16.6 Å². The van der Waals surface area contributed by atoms with Crippen molar-refractivity contribution in [2.45, 2.75) is 33.7 Å². The van der Waals surface area contributed by atoms with Crippen LogP contribution in [0, 0.1) is 11.3 Å². The first kappa shape index (κ1) is 13.5. The van der Waals surface area contributed by atoms with Gasteiger partial charge >= 0.3 is 0 Å². The summed E-state index contributed by atoms with van der Waals surface area (Å²) >= 11 is 3.40. The van der Waals surface area contributed by atoms with E-state index in [1.54, 1.807) is 6.20 Å². The van der Waals surface area contributed by atoms with Crippen LogP contribution in [0.15, 0.2) is 22.9 Å². The van der Waals surface area contributed by atoms with E-state index < -0.39 is 0 Å². The van der Waals surface area contributed by atoms with E-state index >= 15 is 0 Å². The number of pyridine rings is 1. The van der Waals surface area contributed by atoms with E-state index in [2.05, 4.69) is 41.7 Å². The number of carbonyl (C=O) groups excluding carboxylic acids is 1. The summed E-state index contributed by atoms with van der Waals surface area (Å²) in [5.74, 6) is 0.708. The van der Waals surface area contributed by atoms with Crippen LogP contribution in [0.25, 0.3) is 0 Å². The van der Waals surface area contributed by atoms with Crippen LogP contribution >= 0.6 is 15.9 Å². The topological polar surface area (TPSA) is 33.2 Å². The number of hydrogen-bond donors (Lipinski definition) is 0. The highest BCUT2D eigenvalue weighted by molar-refractivity contribution is 9.10. The molecule has 98 valence electrons. The molecular weight excluding hydrogens is 292 g/mol. The first-order chi connectivity index (χ1) is 8.36. The van der Waals surface area contributed by atoms with Crippen LogP contribution in [0.1, 0.15) is 32.8 Å². The molecule has 0 spiro atoms. The molecule has 1 aliphatic heterocycles. The number of likely N-dealkylation sites (tertiary alicyclic amines) is 1. The van der Waals surface area contributed by atoms with Crippen LogP contribution in [0.3, 0.4) is 0 Å². The van der Waals surface area contributed by atoms with Gasteiger partial charge in [0.1, 0.15) is 0 Å². The molecule has 1 saturated heterocycles. The Hall–Kier alpha value is -0.900. The highest BCUT2D eigenvalue weighted by atomic mass is 79.9. The Kier molecular flexibility index (Phi) is 3.76. The Labute approximate surface area is 117 Å². The molecule has 0 aromatic carbocycles. The molecule has 1 amide bonds. The molecular formula is C14H19BrN2O. The predicted octanol–water partition coefficient (Wildman–Crippen LogP) is 3.24. The summed E-state index contributed by atoms with van der Waals surface area (Å²) < 4.78 is 0.957. The van der Waals surface area contributed by atoms with Crippen molar-refractivity contribution < 1.29 is 4.79 Å². The summed E-state index contributed by atoms with van der Waals surface area (Å²) in [6.45, 7) is 8.13. The zero-order valence-corrected chi connectivity index (χ0v) is 12.7. The van der Waals surface area contributed by atoms with Gasteiger partial charge in [0.25, 0.3) is 0 Å². The van der Waals surface area contributed by atoms with Gasteiger partial charge < -0.3 is 4.90 Å². The number of hydrogen-bond acceptors (Lipinski definition) is 2. The zero-order chi connectivity index (χ0) is 13.3. The molecule has 2 rings (SSSR count). The quantitative estimate of drug-likeness (QED) is 0.840. The minimum absolute atomic E-state index is 0.194. The standard InChI is InChI=1S/C14H19BrN2O/c1-14(2,3)11-5-13(18)17(9-11)8-10-4-12(15)7-16-6-10/h4,6-7,11H,5,8-9H2,1-3H3. The van der Waals surface area contributed by atoms with Gasteiger partial charge in [-0.25, -0.2) is 0 Å². The minimum atomic E-state index is 0.194. The number of nitrogens with zero attached hydrogens (tertiary/aromatic N) is 2.